The maximum absolute atomic E-state index is 12.3. The normalized spacial score (nSPS) is 11.9. The highest BCUT2D eigenvalue weighted by molar-refractivity contribution is 5.39. The molecule has 0 atom stereocenters. The summed E-state index contributed by atoms with van der Waals surface area (Å²) < 4.78 is 63.9. The molecule has 0 saturated heterocycles. The zero-order valence-corrected chi connectivity index (χ0v) is 8.13. The van der Waals surface area contributed by atoms with Crippen molar-refractivity contribution in [3.05, 3.63) is 17.5 Å². The zero-order chi connectivity index (χ0) is 13.2. The molecule has 0 radical (unpaired) electrons. The molecule has 0 aliphatic rings. The molecule has 4 nitrogen and oxygen atoms in total. The Morgan fingerprint density at radius 1 is 1.41 bits per heavy atom. The van der Waals surface area contributed by atoms with Crippen molar-refractivity contribution >= 4 is 0 Å². The Labute approximate surface area is 91.8 Å². The van der Waals surface area contributed by atoms with Crippen LogP contribution in [0, 0.1) is 0 Å². The van der Waals surface area contributed by atoms with Crippen LogP contribution >= 0.6 is 0 Å². The van der Waals surface area contributed by atoms with Crippen molar-refractivity contribution < 1.29 is 31.8 Å². The van der Waals surface area contributed by atoms with Gasteiger partial charge in [0.1, 0.15) is 11.4 Å². The molecule has 1 aromatic rings. The van der Waals surface area contributed by atoms with Crippen molar-refractivity contribution in [3.8, 4) is 11.5 Å². The lowest BCUT2D eigenvalue weighted by Crippen LogP contribution is -2.19. The topological polar surface area (TPSA) is 68.4 Å². The second-order valence-electron chi connectivity index (χ2n) is 2.89. The Hall–Kier alpha value is -1.64. The number of rotatable bonds is 3. The number of ether oxygens (including phenoxy) is 1. The van der Waals surface area contributed by atoms with Crippen molar-refractivity contribution in [2.45, 2.75) is 19.3 Å². The quantitative estimate of drug-likeness (QED) is 0.814. The number of hydrogen-bond donors (Lipinski definition) is 2. The molecule has 0 bridgehead atoms. The van der Waals surface area contributed by atoms with Crippen molar-refractivity contribution in [2.24, 2.45) is 5.73 Å². The first kappa shape index (κ1) is 13.4. The van der Waals surface area contributed by atoms with E-state index in [-0.39, 0.29) is 0 Å². The van der Waals surface area contributed by atoms with Gasteiger partial charge in [-0.25, -0.2) is 13.8 Å². The minimum absolute atomic E-state index is 0.407. The zero-order valence-electron chi connectivity index (χ0n) is 8.13. The first-order chi connectivity index (χ1) is 7.74. The molecule has 0 aliphatic heterocycles. The Kier molecular flexibility index (Phi) is 3.71. The molecule has 0 spiro atoms. The largest absolute Gasteiger partial charge is 0.573 e. The van der Waals surface area contributed by atoms with Gasteiger partial charge in [-0.15, -0.1) is 13.2 Å². The van der Waals surface area contributed by atoms with E-state index < -0.39 is 42.2 Å². The van der Waals surface area contributed by atoms with E-state index >= 15 is 0 Å². The summed E-state index contributed by atoms with van der Waals surface area (Å²) in [6, 6.07) is 0.407. The van der Waals surface area contributed by atoms with Crippen LogP contribution < -0.4 is 10.5 Å². The van der Waals surface area contributed by atoms with Crippen LogP contribution in [0.4, 0.5) is 22.0 Å². The Morgan fingerprint density at radius 3 is 2.41 bits per heavy atom. The molecular weight excluding hydrogens is 251 g/mol. The van der Waals surface area contributed by atoms with E-state index in [1.54, 1.807) is 0 Å². The van der Waals surface area contributed by atoms with Crippen molar-refractivity contribution in [1.29, 1.82) is 0 Å². The van der Waals surface area contributed by atoms with Crippen LogP contribution in [0.1, 0.15) is 17.8 Å². The smallest absolute Gasteiger partial charge is 0.506 e. The Balaban J connectivity index is 3.19. The summed E-state index contributed by atoms with van der Waals surface area (Å²) in [5.41, 5.74) is 3.49. The van der Waals surface area contributed by atoms with Gasteiger partial charge >= 0.3 is 6.36 Å². The highest BCUT2D eigenvalue weighted by Crippen LogP contribution is 2.33. The van der Waals surface area contributed by atoms with Gasteiger partial charge in [0.15, 0.2) is 5.75 Å². The summed E-state index contributed by atoms with van der Waals surface area (Å²) in [5.74, 6) is -1.99. The molecule has 9 heteroatoms. The van der Waals surface area contributed by atoms with Gasteiger partial charge in [-0.05, 0) is 0 Å². The monoisotopic (exact) mass is 258 g/mol. The predicted molar refractivity (Wildman–Crippen MR) is 45.4 cm³/mol. The summed E-state index contributed by atoms with van der Waals surface area (Å²) in [6.45, 7) is -0.536. The number of pyridine rings is 1. The molecule has 17 heavy (non-hydrogen) atoms. The van der Waals surface area contributed by atoms with Crippen molar-refractivity contribution in [2.75, 3.05) is 0 Å². The standard InChI is InChI=1S/C8H7F5N2O2/c9-7(10)6-4(16)1-5(3(2-14)15-6)17-8(11,12)13/h1,7,16H,2,14H2. The number of alkyl halides is 5. The average Bonchev–Trinajstić information content (AvgIpc) is 2.14. The van der Waals surface area contributed by atoms with Crippen LogP contribution in [-0.4, -0.2) is 16.5 Å². The molecule has 0 fully saturated rings. The fraction of sp³-hybridized carbons (Fsp3) is 0.375. The number of nitrogens with zero attached hydrogens (tertiary/aromatic N) is 1. The number of halogens is 5. The van der Waals surface area contributed by atoms with Gasteiger partial charge in [-0.3, -0.25) is 0 Å². The maximum Gasteiger partial charge on any atom is 0.573 e. The van der Waals surface area contributed by atoms with E-state index in [1.807, 2.05) is 0 Å². The molecule has 1 aromatic heterocycles. The molecule has 96 valence electrons. The lowest BCUT2D eigenvalue weighted by atomic mass is 10.2. The third-order valence-electron chi connectivity index (χ3n) is 1.70. The number of hydrogen-bond acceptors (Lipinski definition) is 4. The van der Waals surface area contributed by atoms with E-state index in [9.17, 15) is 22.0 Å². The van der Waals surface area contributed by atoms with Gasteiger partial charge in [0, 0.05) is 12.6 Å². The first-order valence-corrected chi connectivity index (χ1v) is 4.21. The number of aromatic hydroxyl groups is 1. The van der Waals surface area contributed by atoms with Gasteiger partial charge in [-0.1, -0.05) is 0 Å². The average molecular weight is 258 g/mol. The molecular formula is C8H7F5N2O2. The summed E-state index contributed by atoms with van der Waals surface area (Å²) >= 11 is 0. The van der Waals surface area contributed by atoms with Crippen LogP contribution in [0.2, 0.25) is 0 Å². The lowest BCUT2D eigenvalue weighted by molar-refractivity contribution is -0.275. The van der Waals surface area contributed by atoms with E-state index in [1.165, 1.54) is 0 Å². The maximum atomic E-state index is 12.3. The third kappa shape index (κ3) is 3.41. The van der Waals surface area contributed by atoms with Gasteiger partial charge in [0.2, 0.25) is 0 Å². The summed E-state index contributed by atoms with van der Waals surface area (Å²) in [6.07, 6.45) is -8.15. The van der Waals surface area contributed by atoms with E-state index in [0.717, 1.165) is 0 Å². The molecule has 0 unspecified atom stereocenters. The second kappa shape index (κ2) is 4.70. The Morgan fingerprint density at radius 2 is 2.00 bits per heavy atom. The fourth-order valence-electron chi connectivity index (χ4n) is 1.06. The van der Waals surface area contributed by atoms with E-state index in [4.69, 9.17) is 10.8 Å². The molecule has 1 rings (SSSR count). The minimum Gasteiger partial charge on any atom is -0.506 e. The third-order valence-corrected chi connectivity index (χ3v) is 1.70. The van der Waals surface area contributed by atoms with Crippen LogP contribution in [-0.2, 0) is 6.54 Å². The SMILES string of the molecule is NCc1nc(C(F)F)c(O)cc1OC(F)(F)F. The van der Waals surface area contributed by atoms with Gasteiger partial charge in [0.25, 0.3) is 6.43 Å². The van der Waals surface area contributed by atoms with Gasteiger partial charge < -0.3 is 15.6 Å². The number of nitrogens with two attached hydrogens (primary N) is 1. The van der Waals surface area contributed by atoms with Crippen molar-refractivity contribution in [3.63, 3.8) is 0 Å². The molecule has 0 aliphatic carbocycles. The highest BCUT2D eigenvalue weighted by atomic mass is 19.4. The van der Waals surface area contributed by atoms with Gasteiger partial charge in [-0.2, -0.15) is 0 Å². The summed E-state index contributed by atoms with van der Waals surface area (Å²) in [4.78, 5) is 3.12. The summed E-state index contributed by atoms with van der Waals surface area (Å²) in [7, 11) is 0. The molecule has 1 heterocycles. The summed E-state index contributed by atoms with van der Waals surface area (Å²) in [5, 5.41) is 9.05. The minimum atomic E-state index is -5.02. The highest BCUT2D eigenvalue weighted by Gasteiger charge is 2.33. The second-order valence-corrected chi connectivity index (χ2v) is 2.89. The molecule has 0 saturated carbocycles. The fourth-order valence-corrected chi connectivity index (χ4v) is 1.06. The van der Waals surface area contributed by atoms with Gasteiger partial charge in [0.05, 0.1) is 5.69 Å². The Bertz CT molecular complexity index is 408. The number of aromatic nitrogens is 1. The van der Waals surface area contributed by atoms with Crippen LogP contribution in [0.15, 0.2) is 6.07 Å². The van der Waals surface area contributed by atoms with E-state index in [0.29, 0.717) is 6.07 Å². The molecule has 3 N–H and O–H groups in total. The van der Waals surface area contributed by atoms with Crippen LogP contribution in [0.3, 0.4) is 0 Å². The van der Waals surface area contributed by atoms with Crippen molar-refractivity contribution in [1.82, 2.24) is 4.98 Å². The molecule has 0 aromatic carbocycles. The molecule has 0 amide bonds. The first-order valence-electron chi connectivity index (χ1n) is 4.21. The lowest BCUT2D eigenvalue weighted by Gasteiger charge is -2.13. The van der Waals surface area contributed by atoms with E-state index in [2.05, 4.69) is 9.72 Å². The predicted octanol–water partition coefficient (Wildman–Crippen LogP) is 2.08. The van der Waals surface area contributed by atoms with Crippen LogP contribution in [0.5, 0.6) is 11.5 Å². The van der Waals surface area contributed by atoms with Crippen LogP contribution in [0.25, 0.3) is 0 Å².